The van der Waals surface area contributed by atoms with Gasteiger partial charge in [0.15, 0.2) is 0 Å². The molecular weight excluding hydrogens is 127 g/mol. The molecule has 0 aliphatic rings. The molecule has 0 aliphatic heterocycles. The van der Waals surface area contributed by atoms with E-state index in [4.69, 9.17) is 5.11 Å². The van der Waals surface area contributed by atoms with Gasteiger partial charge in [0.2, 0.25) is 0 Å². The predicted octanol–water partition coefficient (Wildman–Crippen LogP) is 0.247. The molecule has 0 saturated carbocycles. The first-order valence-electron chi connectivity index (χ1n) is 2.14. The van der Waals surface area contributed by atoms with E-state index < -0.39 is 12.0 Å². The quantitative estimate of drug-likeness (QED) is 0.572. The predicted molar refractivity (Wildman–Crippen MR) is 25.5 cm³/mol. The number of aromatic nitrogens is 2. The summed E-state index contributed by atoms with van der Waals surface area (Å²) >= 11 is 0. The van der Waals surface area contributed by atoms with Crippen LogP contribution < -0.4 is 0 Å². The Hall–Kier alpha value is -1.39. The van der Waals surface area contributed by atoms with Gasteiger partial charge < -0.3 is 10.1 Å². The van der Waals surface area contributed by atoms with Crippen LogP contribution in [0.4, 0.5) is 4.39 Å². The van der Waals surface area contributed by atoms with Gasteiger partial charge in [0, 0.05) is 0 Å². The van der Waals surface area contributed by atoms with Crippen molar-refractivity contribution in [2.75, 3.05) is 0 Å². The molecule has 0 aromatic carbocycles. The number of nitrogens with one attached hydrogen (secondary N) is 1. The minimum Gasteiger partial charge on any atom is -0.477 e. The van der Waals surface area contributed by atoms with Gasteiger partial charge in [-0.15, -0.1) is 0 Å². The Kier molecular flexibility index (Phi) is 1.18. The first-order chi connectivity index (χ1) is 4.20. The Morgan fingerprint density at radius 3 is 2.78 bits per heavy atom. The molecule has 0 atom stereocenters. The molecule has 0 aliphatic carbocycles. The number of rotatable bonds is 1. The molecule has 0 amide bonds. The lowest BCUT2D eigenvalue weighted by atomic mass is 10.5. The molecule has 1 heterocycles. The molecule has 0 fully saturated rings. The van der Waals surface area contributed by atoms with E-state index in [1.165, 1.54) is 0 Å². The number of H-pyrrole nitrogens is 1. The molecule has 0 saturated heterocycles. The van der Waals surface area contributed by atoms with Crippen LogP contribution in [-0.4, -0.2) is 21.0 Å². The third kappa shape index (κ3) is 1.04. The number of carboxylic acids is 1. The Balaban J connectivity index is 2.98. The lowest BCUT2D eigenvalue weighted by Gasteiger charge is -1.79. The minimum atomic E-state index is -1.22. The SMILES string of the molecule is O=C(O)c1cnc(F)[nH]1. The summed E-state index contributed by atoms with van der Waals surface area (Å²) < 4.78 is 11.9. The number of hydrogen-bond acceptors (Lipinski definition) is 2. The fourth-order valence-electron chi connectivity index (χ4n) is 0.406. The molecule has 0 spiro atoms. The van der Waals surface area contributed by atoms with Crippen molar-refractivity contribution >= 4 is 5.97 Å². The number of aromatic carboxylic acids is 1. The fraction of sp³-hybridized carbons (Fsp3) is 0. The van der Waals surface area contributed by atoms with Gasteiger partial charge in [-0.25, -0.2) is 9.78 Å². The lowest BCUT2D eigenvalue weighted by molar-refractivity contribution is 0.0690. The third-order valence-electron chi connectivity index (χ3n) is 0.775. The van der Waals surface area contributed by atoms with E-state index in [9.17, 15) is 9.18 Å². The first-order valence-corrected chi connectivity index (χ1v) is 2.14. The number of carboxylic acid groups (broad SMARTS) is 1. The van der Waals surface area contributed by atoms with E-state index in [0.29, 0.717) is 0 Å². The Morgan fingerprint density at radius 2 is 2.56 bits per heavy atom. The van der Waals surface area contributed by atoms with Gasteiger partial charge in [-0.3, -0.25) is 0 Å². The second-order valence-electron chi connectivity index (χ2n) is 1.39. The Morgan fingerprint density at radius 1 is 1.89 bits per heavy atom. The van der Waals surface area contributed by atoms with Crippen molar-refractivity contribution in [1.82, 2.24) is 9.97 Å². The highest BCUT2D eigenvalue weighted by Crippen LogP contribution is 1.93. The van der Waals surface area contributed by atoms with Gasteiger partial charge in [-0.1, -0.05) is 0 Å². The molecule has 0 unspecified atom stereocenters. The van der Waals surface area contributed by atoms with Crippen LogP contribution in [0.2, 0.25) is 0 Å². The van der Waals surface area contributed by atoms with Gasteiger partial charge in [-0.05, 0) is 0 Å². The van der Waals surface area contributed by atoms with Crippen molar-refractivity contribution in [1.29, 1.82) is 0 Å². The molecule has 1 rings (SSSR count). The van der Waals surface area contributed by atoms with E-state index >= 15 is 0 Å². The maximum Gasteiger partial charge on any atom is 0.354 e. The van der Waals surface area contributed by atoms with E-state index in [0.717, 1.165) is 6.20 Å². The molecule has 0 bridgehead atoms. The average Bonchev–Trinajstić information content (AvgIpc) is 2.14. The number of halogens is 1. The molecule has 48 valence electrons. The van der Waals surface area contributed by atoms with Crippen molar-refractivity contribution in [2.24, 2.45) is 0 Å². The topological polar surface area (TPSA) is 66.0 Å². The highest BCUT2D eigenvalue weighted by molar-refractivity contribution is 5.84. The Labute approximate surface area is 49.3 Å². The summed E-state index contributed by atoms with van der Waals surface area (Å²) in [6.45, 7) is 0. The summed E-state index contributed by atoms with van der Waals surface area (Å²) in [5.74, 6) is -1.22. The van der Waals surface area contributed by atoms with Gasteiger partial charge in [0.05, 0.1) is 6.20 Å². The van der Waals surface area contributed by atoms with Crippen LogP contribution in [-0.2, 0) is 0 Å². The van der Waals surface area contributed by atoms with Crippen LogP contribution in [0.5, 0.6) is 0 Å². The number of imidazole rings is 1. The van der Waals surface area contributed by atoms with E-state index in [1.54, 1.807) is 0 Å². The standard InChI is InChI=1S/C4H3FN2O2/c5-4-6-1-2(7-4)3(8)9/h1H,(H,6,7)(H,8,9). The van der Waals surface area contributed by atoms with Crippen molar-refractivity contribution in [3.05, 3.63) is 18.0 Å². The van der Waals surface area contributed by atoms with E-state index in [2.05, 4.69) is 4.98 Å². The zero-order chi connectivity index (χ0) is 6.85. The second-order valence-corrected chi connectivity index (χ2v) is 1.39. The first kappa shape index (κ1) is 5.74. The molecule has 1 aromatic heterocycles. The van der Waals surface area contributed by atoms with Gasteiger partial charge in [-0.2, -0.15) is 4.39 Å². The number of aromatic amines is 1. The zero-order valence-electron chi connectivity index (χ0n) is 4.26. The van der Waals surface area contributed by atoms with Gasteiger partial charge in [0.1, 0.15) is 5.69 Å². The van der Waals surface area contributed by atoms with Gasteiger partial charge >= 0.3 is 5.97 Å². The minimum absolute atomic E-state index is 0.243. The van der Waals surface area contributed by atoms with Crippen molar-refractivity contribution < 1.29 is 14.3 Å². The highest BCUT2D eigenvalue weighted by Gasteiger charge is 2.04. The molecule has 2 N–H and O–H groups in total. The van der Waals surface area contributed by atoms with Crippen LogP contribution >= 0.6 is 0 Å². The molecule has 0 radical (unpaired) electrons. The molecule has 9 heavy (non-hydrogen) atoms. The summed E-state index contributed by atoms with van der Waals surface area (Å²) in [6.07, 6.45) is 0.0323. The van der Waals surface area contributed by atoms with E-state index in [1.807, 2.05) is 4.98 Å². The van der Waals surface area contributed by atoms with Crippen LogP contribution in [0, 0.1) is 6.08 Å². The van der Waals surface area contributed by atoms with Crippen LogP contribution in [0.15, 0.2) is 6.20 Å². The third-order valence-corrected chi connectivity index (χ3v) is 0.775. The number of hydrogen-bond donors (Lipinski definition) is 2. The van der Waals surface area contributed by atoms with Crippen LogP contribution in [0.25, 0.3) is 0 Å². The Bertz CT molecular complexity index is 232. The van der Waals surface area contributed by atoms with Crippen LogP contribution in [0.3, 0.4) is 0 Å². The summed E-state index contributed by atoms with van der Waals surface area (Å²) in [7, 11) is 0. The lowest BCUT2D eigenvalue weighted by Crippen LogP contribution is -1.95. The normalized spacial score (nSPS) is 9.44. The average molecular weight is 130 g/mol. The van der Waals surface area contributed by atoms with Crippen molar-refractivity contribution in [3.8, 4) is 0 Å². The summed E-state index contributed by atoms with van der Waals surface area (Å²) in [5, 5.41) is 8.16. The van der Waals surface area contributed by atoms with Gasteiger partial charge in [0.25, 0.3) is 6.08 Å². The number of nitrogens with zero attached hydrogens (tertiary/aromatic N) is 1. The summed E-state index contributed by atoms with van der Waals surface area (Å²) in [4.78, 5) is 14.9. The molecule has 4 nitrogen and oxygen atoms in total. The fourth-order valence-corrected chi connectivity index (χ4v) is 0.406. The monoisotopic (exact) mass is 130 g/mol. The van der Waals surface area contributed by atoms with Crippen molar-refractivity contribution in [3.63, 3.8) is 0 Å². The molecule has 5 heteroatoms. The van der Waals surface area contributed by atoms with Crippen molar-refractivity contribution in [2.45, 2.75) is 0 Å². The number of carbonyl (C=O) groups is 1. The largest absolute Gasteiger partial charge is 0.477 e. The molecule has 1 aromatic rings. The smallest absolute Gasteiger partial charge is 0.354 e. The zero-order valence-corrected chi connectivity index (χ0v) is 4.26. The van der Waals surface area contributed by atoms with Crippen LogP contribution in [0.1, 0.15) is 10.5 Å². The van der Waals surface area contributed by atoms with E-state index in [-0.39, 0.29) is 5.69 Å². The maximum atomic E-state index is 11.9. The highest BCUT2D eigenvalue weighted by atomic mass is 19.1. The summed E-state index contributed by atoms with van der Waals surface area (Å²) in [6, 6.07) is 0. The maximum absolute atomic E-state index is 11.9. The second kappa shape index (κ2) is 1.85. The summed E-state index contributed by atoms with van der Waals surface area (Å²) in [5.41, 5.74) is -0.243. The molecular formula is C4H3FN2O2.